The van der Waals surface area contributed by atoms with E-state index < -0.39 is 0 Å². The second kappa shape index (κ2) is 4.49. The molecule has 0 aliphatic carbocycles. The van der Waals surface area contributed by atoms with E-state index in [-0.39, 0.29) is 5.82 Å². The van der Waals surface area contributed by atoms with E-state index in [4.69, 9.17) is 4.52 Å². The average Bonchev–Trinajstić information content (AvgIpc) is 2.72. The van der Waals surface area contributed by atoms with Gasteiger partial charge in [0.15, 0.2) is 5.82 Å². The number of hydrogen-bond donors (Lipinski definition) is 0. The highest BCUT2D eigenvalue weighted by atomic mass is 19.1. The van der Waals surface area contributed by atoms with Gasteiger partial charge in [0.25, 0.3) is 0 Å². The fourth-order valence-corrected chi connectivity index (χ4v) is 2.18. The van der Waals surface area contributed by atoms with Crippen molar-refractivity contribution in [2.24, 2.45) is 0 Å². The van der Waals surface area contributed by atoms with Crippen LogP contribution in [0.15, 0.2) is 28.8 Å². The summed E-state index contributed by atoms with van der Waals surface area (Å²) in [6.07, 6.45) is 0. The molecule has 0 N–H and O–H groups in total. The van der Waals surface area contributed by atoms with Gasteiger partial charge in [-0.15, -0.1) is 0 Å². The topological polar surface area (TPSA) is 42.2 Å². The number of benzene rings is 1. The molecule has 1 fully saturated rings. The van der Waals surface area contributed by atoms with E-state index in [1.807, 2.05) is 19.1 Å². The third-order valence-corrected chi connectivity index (χ3v) is 3.17. The molecule has 94 valence electrons. The average molecular weight is 247 g/mol. The molecule has 1 aromatic carbocycles. The third-order valence-electron chi connectivity index (χ3n) is 3.17. The van der Waals surface area contributed by atoms with Crippen LogP contribution in [0.3, 0.4) is 0 Å². The number of hydrogen-bond acceptors (Lipinski definition) is 4. The van der Waals surface area contributed by atoms with E-state index in [1.165, 1.54) is 12.1 Å². The molecular formula is C13H14FN3O. The van der Waals surface area contributed by atoms with Gasteiger partial charge in [0, 0.05) is 19.6 Å². The molecule has 1 aliphatic heterocycles. The number of likely N-dealkylation sites (tertiary alicyclic amines) is 1. The van der Waals surface area contributed by atoms with Gasteiger partial charge < -0.3 is 4.52 Å². The molecule has 3 rings (SSSR count). The summed E-state index contributed by atoms with van der Waals surface area (Å²) < 4.78 is 17.9. The van der Waals surface area contributed by atoms with Crippen molar-refractivity contribution in [1.29, 1.82) is 0 Å². The van der Waals surface area contributed by atoms with Crippen molar-refractivity contribution >= 4 is 0 Å². The van der Waals surface area contributed by atoms with Crippen LogP contribution in [0.1, 0.15) is 23.2 Å². The van der Waals surface area contributed by atoms with Crippen LogP contribution >= 0.6 is 0 Å². The Balaban J connectivity index is 1.55. The van der Waals surface area contributed by atoms with E-state index in [1.54, 1.807) is 0 Å². The maximum atomic E-state index is 12.8. The highest BCUT2D eigenvalue weighted by Crippen LogP contribution is 2.26. The minimum Gasteiger partial charge on any atom is -0.339 e. The number of halogens is 1. The van der Waals surface area contributed by atoms with Gasteiger partial charge in [-0.2, -0.15) is 4.98 Å². The van der Waals surface area contributed by atoms with Gasteiger partial charge in [-0.1, -0.05) is 17.3 Å². The van der Waals surface area contributed by atoms with Gasteiger partial charge in [-0.05, 0) is 24.6 Å². The van der Waals surface area contributed by atoms with Crippen LogP contribution in [0, 0.1) is 12.7 Å². The predicted octanol–water partition coefficient (Wildman–Crippen LogP) is 2.12. The van der Waals surface area contributed by atoms with Crippen molar-refractivity contribution in [3.63, 3.8) is 0 Å². The first kappa shape index (κ1) is 11.3. The Kier molecular flexibility index (Phi) is 2.83. The Morgan fingerprint density at radius 3 is 2.67 bits per heavy atom. The molecule has 0 unspecified atom stereocenters. The quantitative estimate of drug-likeness (QED) is 0.833. The highest BCUT2D eigenvalue weighted by molar-refractivity contribution is 5.17. The minimum absolute atomic E-state index is 0.193. The summed E-state index contributed by atoms with van der Waals surface area (Å²) in [4.78, 5) is 6.51. The summed E-state index contributed by atoms with van der Waals surface area (Å²) in [6.45, 7) is 4.49. The van der Waals surface area contributed by atoms with Crippen LogP contribution in [-0.4, -0.2) is 28.1 Å². The molecule has 1 aliphatic rings. The first-order valence-electron chi connectivity index (χ1n) is 5.98. The Hall–Kier alpha value is -1.75. The van der Waals surface area contributed by atoms with Crippen molar-refractivity contribution in [2.75, 3.05) is 13.1 Å². The van der Waals surface area contributed by atoms with Crippen LogP contribution < -0.4 is 0 Å². The molecule has 0 bridgehead atoms. The summed E-state index contributed by atoms with van der Waals surface area (Å²) in [5.74, 6) is 1.55. The molecule has 18 heavy (non-hydrogen) atoms. The van der Waals surface area contributed by atoms with E-state index >= 15 is 0 Å². The zero-order valence-electron chi connectivity index (χ0n) is 10.1. The van der Waals surface area contributed by atoms with Crippen molar-refractivity contribution in [1.82, 2.24) is 15.0 Å². The van der Waals surface area contributed by atoms with Crippen LogP contribution in [0.2, 0.25) is 0 Å². The lowest BCUT2D eigenvalue weighted by Gasteiger charge is -2.37. The van der Waals surface area contributed by atoms with Crippen molar-refractivity contribution in [3.8, 4) is 0 Å². The van der Waals surface area contributed by atoms with Crippen molar-refractivity contribution in [3.05, 3.63) is 47.4 Å². The standard InChI is InChI=1S/C13H14FN3O/c1-9-15-13(18-16-9)11-7-17(8-11)6-10-2-4-12(14)5-3-10/h2-5,11H,6-8H2,1H3. The van der Waals surface area contributed by atoms with E-state index in [2.05, 4.69) is 15.0 Å². The van der Waals surface area contributed by atoms with Gasteiger partial charge >= 0.3 is 0 Å². The summed E-state index contributed by atoms with van der Waals surface area (Å²) in [6, 6.07) is 6.63. The van der Waals surface area contributed by atoms with Gasteiger partial charge in [0.1, 0.15) is 5.82 Å². The van der Waals surface area contributed by atoms with Gasteiger partial charge in [-0.25, -0.2) is 4.39 Å². The Morgan fingerprint density at radius 1 is 1.33 bits per heavy atom. The van der Waals surface area contributed by atoms with Crippen molar-refractivity contribution < 1.29 is 8.91 Å². The SMILES string of the molecule is Cc1noc(C2CN(Cc3ccc(F)cc3)C2)n1. The Bertz CT molecular complexity index is 531. The first-order valence-corrected chi connectivity index (χ1v) is 5.98. The van der Waals surface area contributed by atoms with Gasteiger partial charge in [-0.3, -0.25) is 4.90 Å². The molecule has 0 saturated carbocycles. The number of nitrogens with zero attached hydrogens (tertiary/aromatic N) is 3. The Labute approximate surface area is 104 Å². The summed E-state index contributed by atoms with van der Waals surface area (Å²) in [7, 11) is 0. The maximum absolute atomic E-state index is 12.8. The van der Waals surface area contributed by atoms with E-state index in [0.29, 0.717) is 11.7 Å². The van der Waals surface area contributed by atoms with E-state index in [0.717, 1.165) is 31.1 Å². The molecule has 1 aromatic heterocycles. The molecular weight excluding hydrogens is 233 g/mol. The molecule has 5 heteroatoms. The highest BCUT2D eigenvalue weighted by Gasteiger charge is 2.32. The molecule has 0 amide bonds. The fraction of sp³-hybridized carbons (Fsp3) is 0.385. The summed E-state index contributed by atoms with van der Waals surface area (Å²) in [5, 5.41) is 3.79. The molecule has 4 nitrogen and oxygen atoms in total. The largest absolute Gasteiger partial charge is 0.339 e. The van der Waals surface area contributed by atoms with Gasteiger partial charge in [0.2, 0.25) is 5.89 Å². The Morgan fingerprint density at radius 2 is 2.06 bits per heavy atom. The fourth-order valence-electron chi connectivity index (χ4n) is 2.18. The van der Waals surface area contributed by atoms with Crippen molar-refractivity contribution in [2.45, 2.75) is 19.4 Å². The van der Waals surface area contributed by atoms with Crippen LogP contribution in [0.25, 0.3) is 0 Å². The number of rotatable bonds is 3. The lowest BCUT2D eigenvalue weighted by atomic mass is 9.99. The molecule has 2 aromatic rings. The van der Waals surface area contributed by atoms with E-state index in [9.17, 15) is 4.39 Å². The van der Waals surface area contributed by atoms with Gasteiger partial charge in [0.05, 0.1) is 5.92 Å². The summed E-state index contributed by atoms with van der Waals surface area (Å²) >= 11 is 0. The van der Waals surface area contributed by atoms with Crippen LogP contribution in [0.5, 0.6) is 0 Å². The third kappa shape index (κ3) is 2.26. The summed E-state index contributed by atoms with van der Waals surface area (Å²) in [5.41, 5.74) is 1.12. The molecule has 2 heterocycles. The van der Waals surface area contributed by atoms with Crippen LogP contribution in [0.4, 0.5) is 4.39 Å². The number of aryl methyl sites for hydroxylation is 1. The minimum atomic E-state index is -0.193. The molecule has 0 atom stereocenters. The smallest absolute Gasteiger partial charge is 0.232 e. The predicted molar refractivity (Wildman–Crippen MR) is 63.5 cm³/mol. The second-order valence-corrected chi connectivity index (χ2v) is 4.70. The zero-order valence-corrected chi connectivity index (χ0v) is 10.1. The normalized spacial score (nSPS) is 16.8. The lowest BCUT2D eigenvalue weighted by molar-refractivity contribution is 0.117. The molecule has 1 saturated heterocycles. The number of aromatic nitrogens is 2. The molecule has 0 spiro atoms. The first-order chi connectivity index (χ1) is 8.70. The zero-order chi connectivity index (χ0) is 12.5. The monoisotopic (exact) mass is 247 g/mol. The second-order valence-electron chi connectivity index (χ2n) is 4.70. The lowest BCUT2D eigenvalue weighted by Crippen LogP contribution is -2.44. The van der Waals surface area contributed by atoms with Crippen LogP contribution in [-0.2, 0) is 6.54 Å². The maximum Gasteiger partial charge on any atom is 0.232 e. The molecule has 0 radical (unpaired) electrons.